The van der Waals surface area contributed by atoms with Crippen molar-refractivity contribution in [3.05, 3.63) is 29.8 Å². The Balaban J connectivity index is 1.76. The van der Waals surface area contributed by atoms with Gasteiger partial charge in [0.15, 0.2) is 0 Å². The van der Waals surface area contributed by atoms with Crippen molar-refractivity contribution in [2.24, 2.45) is 0 Å². The van der Waals surface area contributed by atoms with E-state index < -0.39 is 0 Å². The van der Waals surface area contributed by atoms with Crippen molar-refractivity contribution >= 4 is 0 Å². The fourth-order valence-electron chi connectivity index (χ4n) is 1.92. The van der Waals surface area contributed by atoms with Crippen LogP contribution in [0, 0.1) is 0 Å². The Morgan fingerprint density at radius 3 is 2.59 bits per heavy atom. The van der Waals surface area contributed by atoms with Crippen LogP contribution in [0.2, 0.25) is 0 Å². The summed E-state index contributed by atoms with van der Waals surface area (Å²) in [6.45, 7) is 5.27. The van der Waals surface area contributed by atoms with E-state index in [9.17, 15) is 0 Å². The van der Waals surface area contributed by atoms with E-state index in [1.807, 2.05) is 0 Å². The molecule has 2 heteroatoms. The number of hydrogen-bond donors (Lipinski definition) is 1. The molecule has 1 aliphatic carbocycles. The summed E-state index contributed by atoms with van der Waals surface area (Å²) in [4.78, 5) is 0. The summed E-state index contributed by atoms with van der Waals surface area (Å²) >= 11 is 0. The average Bonchev–Trinajstić information content (AvgIpc) is 3.13. The summed E-state index contributed by atoms with van der Waals surface area (Å²) in [5.74, 6) is 0.981. The van der Waals surface area contributed by atoms with Crippen LogP contribution < -0.4 is 10.1 Å². The highest BCUT2D eigenvalue weighted by Crippen LogP contribution is 2.19. The third kappa shape index (κ3) is 4.39. The summed E-state index contributed by atoms with van der Waals surface area (Å²) in [6.07, 6.45) is 5.25. The lowest BCUT2D eigenvalue weighted by Crippen LogP contribution is -2.30. The van der Waals surface area contributed by atoms with E-state index in [-0.39, 0.29) is 6.10 Å². The van der Waals surface area contributed by atoms with Gasteiger partial charge in [0.25, 0.3) is 0 Å². The predicted octanol–water partition coefficient (Wildman–Crippen LogP) is 3.16. The van der Waals surface area contributed by atoms with Crippen LogP contribution >= 0.6 is 0 Å². The largest absolute Gasteiger partial charge is 0.489 e. The summed E-state index contributed by atoms with van der Waals surface area (Å²) in [6, 6.07) is 9.25. The Labute approximate surface area is 104 Å². The maximum Gasteiger partial charge on any atom is 0.119 e. The molecule has 1 fully saturated rings. The Hall–Kier alpha value is -1.02. The molecule has 2 nitrogen and oxygen atoms in total. The Morgan fingerprint density at radius 2 is 2.00 bits per heavy atom. The van der Waals surface area contributed by atoms with Crippen LogP contribution in [0.25, 0.3) is 0 Å². The maximum atomic E-state index is 5.86. The van der Waals surface area contributed by atoms with Gasteiger partial charge in [0.1, 0.15) is 11.9 Å². The molecule has 0 bridgehead atoms. The zero-order valence-electron chi connectivity index (χ0n) is 10.9. The van der Waals surface area contributed by atoms with Crippen LogP contribution in [0.15, 0.2) is 24.3 Å². The summed E-state index contributed by atoms with van der Waals surface area (Å²) in [5, 5.41) is 3.48. The Bertz CT molecular complexity index is 329. The average molecular weight is 233 g/mol. The molecule has 0 aromatic heterocycles. The van der Waals surface area contributed by atoms with E-state index in [0.29, 0.717) is 0 Å². The molecule has 2 rings (SSSR count). The quantitative estimate of drug-likeness (QED) is 0.781. The highest BCUT2D eigenvalue weighted by molar-refractivity contribution is 5.27. The van der Waals surface area contributed by atoms with Gasteiger partial charge in [-0.05, 0) is 43.9 Å². The molecule has 1 unspecified atom stereocenters. The third-order valence-corrected chi connectivity index (χ3v) is 3.07. The topological polar surface area (TPSA) is 21.3 Å². The molecule has 0 saturated heterocycles. The number of rotatable bonds is 7. The molecule has 17 heavy (non-hydrogen) atoms. The second-order valence-electron chi connectivity index (χ2n) is 5.00. The minimum absolute atomic E-state index is 0.243. The molecule has 1 aromatic carbocycles. The van der Waals surface area contributed by atoms with Crippen LogP contribution in [0.5, 0.6) is 5.75 Å². The van der Waals surface area contributed by atoms with Gasteiger partial charge in [-0.2, -0.15) is 0 Å². The summed E-state index contributed by atoms with van der Waals surface area (Å²) < 4.78 is 5.86. The molecule has 0 aliphatic heterocycles. The van der Waals surface area contributed by atoms with Crippen molar-refractivity contribution in [1.29, 1.82) is 0 Å². The molecule has 0 spiro atoms. The van der Waals surface area contributed by atoms with E-state index in [1.54, 1.807) is 0 Å². The SMILES string of the molecule is CCCc1ccc(OC(C)CNC2CC2)cc1. The van der Waals surface area contributed by atoms with Gasteiger partial charge in [0.05, 0.1) is 0 Å². The van der Waals surface area contributed by atoms with Gasteiger partial charge in [-0.15, -0.1) is 0 Å². The highest BCUT2D eigenvalue weighted by Gasteiger charge is 2.21. The maximum absolute atomic E-state index is 5.86. The zero-order valence-corrected chi connectivity index (χ0v) is 10.9. The lowest BCUT2D eigenvalue weighted by atomic mass is 10.1. The number of benzene rings is 1. The van der Waals surface area contributed by atoms with E-state index in [0.717, 1.165) is 24.8 Å². The standard InChI is InChI=1S/C15H23NO/c1-3-4-13-5-9-15(10-6-13)17-12(2)11-16-14-7-8-14/h5-6,9-10,12,14,16H,3-4,7-8,11H2,1-2H3. The molecule has 1 aromatic rings. The van der Waals surface area contributed by atoms with Crippen molar-refractivity contribution < 1.29 is 4.74 Å². The number of ether oxygens (including phenoxy) is 1. The fourth-order valence-corrected chi connectivity index (χ4v) is 1.92. The molecule has 1 aliphatic rings. The molecular formula is C15H23NO. The van der Waals surface area contributed by atoms with E-state index in [4.69, 9.17) is 4.74 Å². The van der Waals surface area contributed by atoms with Crippen LogP contribution in [-0.4, -0.2) is 18.7 Å². The molecule has 0 radical (unpaired) electrons. The van der Waals surface area contributed by atoms with Crippen molar-refractivity contribution in [2.75, 3.05) is 6.54 Å². The normalized spacial score (nSPS) is 16.8. The molecule has 1 atom stereocenters. The number of hydrogen-bond acceptors (Lipinski definition) is 2. The predicted molar refractivity (Wildman–Crippen MR) is 71.6 cm³/mol. The van der Waals surface area contributed by atoms with Gasteiger partial charge in [0, 0.05) is 12.6 Å². The Morgan fingerprint density at radius 1 is 1.29 bits per heavy atom. The first kappa shape index (κ1) is 12.4. The van der Waals surface area contributed by atoms with Gasteiger partial charge in [-0.1, -0.05) is 25.5 Å². The lowest BCUT2D eigenvalue weighted by Gasteiger charge is -2.15. The minimum Gasteiger partial charge on any atom is -0.489 e. The zero-order chi connectivity index (χ0) is 12.1. The summed E-state index contributed by atoms with van der Waals surface area (Å²) in [7, 11) is 0. The molecule has 0 amide bonds. The van der Waals surface area contributed by atoms with Crippen molar-refractivity contribution in [2.45, 2.75) is 51.7 Å². The van der Waals surface area contributed by atoms with Crippen molar-refractivity contribution in [3.8, 4) is 5.75 Å². The second kappa shape index (κ2) is 6.06. The lowest BCUT2D eigenvalue weighted by molar-refractivity contribution is 0.216. The van der Waals surface area contributed by atoms with Crippen LogP contribution in [0.3, 0.4) is 0 Å². The first-order chi connectivity index (χ1) is 8.28. The Kier molecular flexibility index (Phi) is 4.43. The van der Waals surface area contributed by atoms with Gasteiger partial charge in [0.2, 0.25) is 0 Å². The van der Waals surface area contributed by atoms with E-state index >= 15 is 0 Å². The first-order valence-electron chi connectivity index (χ1n) is 6.77. The second-order valence-corrected chi connectivity index (χ2v) is 5.00. The van der Waals surface area contributed by atoms with Gasteiger partial charge >= 0.3 is 0 Å². The van der Waals surface area contributed by atoms with Gasteiger partial charge in [-0.25, -0.2) is 0 Å². The monoisotopic (exact) mass is 233 g/mol. The first-order valence-corrected chi connectivity index (χ1v) is 6.77. The van der Waals surface area contributed by atoms with E-state index in [1.165, 1.54) is 24.8 Å². The third-order valence-electron chi connectivity index (χ3n) is 3.07. The molecule has 1 N–H and O–H groups in total. The van der Waals surface area contributed by atoms with E-state index in [2.05, 4.69) is 43.4 Å². The summed E-state index contributed by atoms with van der Waals surface area (Å²) in [5.41, 5.74) is 1.39. The van der Waals surface area contributed by atoms with Crippen LogP contribution in [-0.2, 0) is 6.42 Å². The molecule has 94 valence electrons. The van der Waals surface area contributed by atoms with Crippen LogP contribution in [0.1, 0.15) is 38.7 Å². The fraction of sp³-hybridized carbons (Fsp3) is 0.600. The number of nitrogens with one attached hydrogen (secondary N) is 1. The van der Waals surface area contributed by atoms with Gasteiger partial charge in [-0.3, -0.25) is 0 Å². The smallest absolute Gasteiger partial charge is 0.119 e. The van der Waals surface area contributed by atoms with Crippen molar-refractivity contribution in [1.82, 2.24) is 5.32 Å². The molecule has 1 saturated carbocycles. The van der Waals surface area contributed by atoms with Gasteiger partial charge < -0.3 is 10.1 Å². The molecule has 0 heterocycles. The van der Waals surface area contributed by atoms with Crippen LogP contribution in [0.4, 0.5) is 0 Å². The molecular weight excluding hydrogens is 210 g/mol. The van der Waals surface area contributed by atoms with Crippen molar-refractivity contribution in [3.63, 3.8) is 0 Å². The highest BCUT2D eigenvalue weighted by atomic mass is 16.5. The number of aryl methyl sites for hydroxylation is 1. The minimum atomic E-state index is 0.243.